The van der Waals surface area contributed by atoms with Crippen molar-refractivity contribution < 1.29 is 0 Å². The van der Waals surface area contributed by atoms with Gasteiger partial charge in [0.25, 0.3) is 0 Å². The molecule has 0 aliphatic heterocycles. The lowest BCUT2D eigenvalue weighted by Gasteiger charge is -2.12. The molecule has 2 N–H and O–H groups in total. The zero-order valence-electron chi connectivity index (χ0n) is 7.84. The van der Waals surface area contributed by atoms with Gasteiger partial charge >= 0.3 is 0 Å². The van der Waals surface area contributed by atoms with Gasteiger partial charge in [-0.15, -0.1) is 0 Å². The Balaban J connectivity index is 2.19. The van der Waals surface area contributed by atoms with Gasteiger partial charge < -0.3 is 5.73 Å². The Morgan fingerprint density at radius 2 is 1.91 bits per heavy atom. The van der Waals surface area contributed by atoms with Crippen LogP contribution in [-0.4, -0.2) is 6.54 Å². The summed E-state index contributed by atoms with van der Waals surface area (Å²) in [5, 5.41) is 0. The standard InChI is InChI=1S/C10H21N/c1-8(2)5-9-3-4-10(6-9)7-11/h8-10H,3-7,11H2,1-2H3/t9-,10+/m0/s1. The van der Waals surface area contributed by atoms with Crippen LogP contribution in [0.3, 0.4) is 0 Å². The molecule has 66 valence electrons. The summed E-state index contributed by atoms with van der Waals surface area (Å²) in [7, 11) is 0. The number of hydrogen-bond donors (Lipinski definition) is 1. The molecule has 0 aromatic rings. The lowest BCUT2D eigenvalue weighted by molar-refractivity contribution is 0.404. The minimum Gasteiger partial charge on any atom is -0.330 e. The summed E-state index contributed by atoms with van der Waals surface area (Å²) < 4.78 is 0. The van der Waals surface area contributed by atoms with Crippen molar-refractivity contribution in [2.45, 2.75) is 39.5 Å². The van der Waals surface area contributed by atoms with Gasteiger partial charge in [-0.3, -0.25) is 0 Å². The van der Waals surface area contributed by atoms with E-state index in [1.807, 2.05) is 0 Å². The summed E-state index contributed by atoms with van der Waals surface area (Å²) in [6.07, 6.45) is 5.62. The summed E-state index contributed by atoms with van der Waals surface area (Å²) in [5.74, 6) is 2.71. The van der Waals surface area contributed by atoms with E-state index in [1.54, 1.807) is 0 Å². The maximum absolute atomic E-state index is 5.63. The maximum Gasteiger partial charge on any atom is -0.00488 e. The van der Waals surface area contributed by atoms with Crippen LogP contribution in [-0.2, 0) is 0 Å². The van der Waals surface area contributed by atoms with E-state index in [4.69, 9.17) is 5.73 Å². The van der Waals surface area contributed by atoms with Crippen molar-refractivity contribution >= 4 is 0 Å². The highest BCUT2D eigenvalue weighted by atomic mass is 14.6. The normalized spacial score (nSPS) is 31.6. The molecule has 0 spiro atoms. The zero-order valence-corrected chi connectivity index (χ0v) is 7.84. The van der Waals surface area contributed by atoms with E-state index in [2.05, 4.69) is 13.8 Å². The summed E-state index contributed by atoms with van der Waals surface area (Å²) in [6, 6.07) is 0. The Bertz CT molecular complexity index is 109. The Kier molecular flexibility index (Phi) is 3.38. The largest absolute Gasteiger partial charge is 0.330 e. The Morgan fingerprint density at radius 3 is 2.36 bits per heavy atom. The molecule has 1 heteroatoms. The van der Waals surface area contributed by atoms with Crippen LogP contribution in [0.25, 0.3) is 0 Å². The molecule has 1 fully saturated rings. The molecule has 1 rings (SSSR count). The van der Waals surface area contributed by atoms with Crippen molar-refractivity contribution in [1.29, 1.82) is 0 Å². The third-order valence-corrected chi connectivity index (χ3v) is 2.79. The van der Waals surface area contributed by atoms with E-state index in [1.165, 1.54) is 25.7 Å². The fraction of sp³-hybridized carbons (Fsp3) is 1.00. The average molecular weight is 155 g/mol. The number of nitrogens with two attached hydrogens (primary N) is 1. The van der Waals surface area contributed by atoms with Crippen molar-refractivity contribution in [2.75, 3.05) is 6.54 Å². The second-order valence-electron chi connectivity index (χ2n) is 4.41. The van der Waals surface area contributed by atoms with Gasteiger partial charge in [-0.25, -0.2) is 0 Å². The lowest BCUT2D eigenvalue weighted by Crippen LogP contribution is -2.11. The van der Waals surface area contributed by atoms with Crippen LogP contribution in [0.5, 0.6) is 0 Å². The predicted octanol–water partition coefficient (Wildman–Crippen LogP) is 2.41. The number of hydrogen-bond acceptors (Lipinski definition) is 1. The van der Waals surface area contributed by atoms with Crippen molar-refractivity contribution in [3.8, 4) is 0 Å². The maximum atomic E-state index is 5.63. The molecule has 0 aromatic heterocycles. The highest BCUT2D eigenvalue weighted by Gasteiger charge is 2.23. The summed E-state index contributed by atoms with van der Waals surface area (Å²) >= 11 is 0. The van der Waals surface area contributed by atoms with Gasteiger partial charge in [-0.1, -0.05) is 20.3 Å². The molecule has 0 unspecified atom stereocenters. The third kappa shape index (κ3) is 2.82. The molecule has 2 atom stereocenters. The van der Waals surface area contributed by atoms with Crippen LogP contribution in [0.2, 0.25) is 0 Å². The first-order valence-corrected chi connectivity index (χ1v) is 4.92. The Morgan fingerprint density at radius 1 is 1.27 bits per heavy atom. The van der Waals surface area contributed by atoms with E-state index in [0.29, 0.717) is 0 Å². The van der Waals surface area contributed by atoms with E-state index in [-0.39, 0.29) is 0 Å². The zero-order chi connectivity index (χ0) is 8.27. The van der Waals surface area contributed by atoms with Crippen LogP contribution in [0.15, 0.2) is 0 Å². The van der Waals surface area contributed by atoms with Crippen molar-refractivity contribution in [1.82, 2.24) is 0 Å². The van der Waals surface area contributed by atoms with Gasteiger partial charge in [-0.2, -0.15) is 0 Å². The fourth-order valence-electron chi connectivity index (χ4n) is 2.27. The fourth-order valence-corrected chi connectivity index (χ4v) is 2.27. The first kappa shape index (κ1) is 9.05. The van der Waals surface area contributed by atoms with Crippen molar-refractivity contribution in [2.24, 2.45) is 23.5 Å². The highest BCUT2D eigenvalue weighted by molar-refractivity contribution is 4.76. The monoisotopic (exact) mass is 155 g/mol. The van der Waals surface area contributed by atoms with Crippen LogP contribution >= 0.6 is 0 Å². The Hall–Kier alpha value is -0.0400. The van der Waals surface area contributed by atoms with Crippen LogP contribution in [0.4, 0.5) is 0 Å². The Labute approximate surface area is 70.4 Å². The molecule has 1 saturated carbocycles. The van der Waals surface area contributed by atoms with E-state index in [9.17, 15) is 0 Å². The summed E-state index contributed by atoms with van der Waals surface area (Å²) in [4.78, 5) is 0. The summed E-state index contributed by atoms with van der Waals surface area (Å²) in [6.45, 7) is 5.54. The van der Waals surface area contributed by atoms with Crippen LogP contribution in [0, 0.1) is 17.8 Å². The van der Waals surface area contributed by atoms with Crippen LogP contribution < -0.4 is 5.73 Å². The second-order valence-corrected chi connectivity index (χ2v) is 4.41. The smallest absolute Gasteiger partial charge is 0.00488 e. The molecule has 0 aromatic carbocycles. The van der Waals surface area contributed by atoms with Gasteiger partial charge in [0.1, 0.15) is 0 Å². The molecule has 0 heterocycles. The third-order valence-electron chi connectivity index (χ3n) is 2.79. The summed E-state index contributed by atoms with van der Waals surface area (Å²) in [5.41, 5.74) is 5.63. The van der Waals surface area contributed by atoms with Gasteiger partial charge in [0.15, 0.2) is 0 Å². The molecule has 0 bridgehead atoms. The molecular formula is C10H21N. The van der Waals surface area contributed by atoms with Crippen molar-refractivity contribution in [3.63, 3.8) is 0 Å². The first-order chi connectivity index (χ1) is 5.22. The van der Waals surface area contributed by atoms with Crippen molar-refractivity contribution in [3.05, 3.63) is 0 Å². The first-order valence-electron chi connectivity index (χ1n) is 4.92. The highest BCUT2D eigenvalue weighted by Crippen LogP contribution is 2.34. The molecule has 1 aliphatic rings. The van der Waals surface area contributed by atoms with E-state index in [0.717, 1.165) is 24.3 Å². The second kappa shape index (κ2) is 4.10. The molecule has 0 saturated heterocycles. The molecule has 0 amide bonds. The molecule has 0 radical (unpaired) electrons. The van der Waals surface area contributed by atoms with Gasteiger partial charge in [0.05, 0.1) is 0 Å². The SMILES string of the molecule is CC(C)C[C@@H]1CC[C@@H](CN)C1. The van der Waals surface area contributed by atoms with Crippen LogP contribution in [0.1, 0.15) is 39.5 Å². The minimum absolute atomic E-state index is 0.846. The predicted molar refractivity (Wildman–Crippen MR) is 49.3 cm³/mol. The van der Waals surface area contributed by atoms with E-state index < -0.39 is 0 Å². The molecule has 1 nitrogen and oxygen atoms in total. The van der Waals surface area contributed by atoms with Gasteiger partial charge in [-0.05, 0) is 43.6 Å². The van der Waals surface area contributed by atoms with Gasteiger partial charge in [0, 0.05) is 0 Å². The average Bonchev–Trinajstić information content (AvgIpc) is 2.34. The molecular weight excluding hydrogens is 134 g/mol. The van der Waals surface area contributed by atoms with E-state index >= 15 is 0 Å². The topological polar surface area (TPSA) is 26.0 Å². The minimum atomic E-state index is 0.846. The lowest BCUT2D eigenvalue weighted by atomic mass is 9.95. The molecule has 1 aliphatic carbocycles. The molecule has 11 heavy (non-hydrogen) atoms. The quantitative estimate of drug-likeness (QED) is 0.665. The van der Waals surface area contributed by atoms with Gasteiger partial charge in [0.2, 0.25) is 0 Å². The number of rotatable bonds is 3.